The molecule has 0 aliphatic carbocycles. The average molecular weight is 317 g/mol. The molecule has 0 aliphatic heterocycles. The minimum Gasteiger partial charge on any atom is -0.476 e. The molecule has 11 heteroatoms. The maximum atomic E-state index is 13.8. The van der Waals surface area contributed by atoms with E-state index in [2.05, 4.69) is 9.84 Å². The summed E-state index contributed by atoms with van der Waals surface area (Å²) in [6.07, 6.45) is 0. The van der Waals surface area contributed by atoms with Gasteiger partial charge in [-0.15, -0.1) is 0 Å². The number of ether oxygens (including phenoxy) is 1. The third kappa shape index (κ3) is 2.97. The minimum absolute atomic E-state index is 0.284. The molecular weight excluding hydrogens is 311 g/mol. The second-order valence-corrected chi connectivity index (χ2v) is 3.82. The van der Waals surface area contributed by atoms with Gasteiger partial charge in [0.25, 0.3) is 5.56 Å². The first-order valence-corrected chi connectivity index (χ1v) is 5.51. The lowest BCUT2D eigenvalue weighted by atomic mass is 10.3. The molecule has 1 heterocycles. The molecule has 2 aromatic rings. The van der Waals surface area contributed by atoms with Gasteiger partial charge < -0.3 is 9.84 Å². The van der Waals surface area contributed by atoms with Gasteiger partial charge in [0.2, 0.25) is 5.69 Å². The van der Waals surface area contributed by atoms with E-state index >= 15 is 0 Å². The summed E-state index contributed by atoms with van der Waals surface area (Å²) in [6, 6.07) is 2.34. The van der Waals surface area contributed by atoms with Crippen molar-refractivity contribution in [3.63, 3.8) is 0 Å². The summed E-state index contributed by atoms with van der Waals surface area (Å²) in [7, 11) is 0. The summed E-state index contributed by atoms with van der Waals surface area (Å²) < 4.78 is 42.1. The molecule has 22 heavy (non-hydrogen) atoms. The first-order chi connectivity index (χ1) is 10.3. The van der Waals surface area contributed by atoms with Crippen LogP contribution in [0.15, 0.2) is 27.8 Å². The lowest BCUT2D eigenvalue weighted by Gasteiger charge is -2.08. The zero-order valence-corrected chi connectivity index (χ0v) is 10.4. The van der Waals surface area contributed by atoms with E-state index in [9.17, 15) is 27.6 Å². The number of benzene rings is 1. The number of carbonyl (C=O) groups is 1. The SMILES string of the molecule is O=C(O)c1nn(-c2ccc(OC(F)F)cc2F)c(=O)[nH]c1=O. The van der Waals surface area contributed by atoms with Gasteiger partial charge in [-0.2, -0.15) is 18.6 Å². The number of nitrogens with zero attached hydrogens (tertiary/aromatic N) is 2. The van der Waals surface area contributed by atoms with Gasteiger partial charge in [-0.1, -0.05) is 0 Å². The Bertz CT molecular complexity index is 846. The molecule has 1 aromatic heterocycles. The van der Waals surface area contributed by atoms with E-state index in [0.717, 1.165) is 12.1 Å². The van der Waals surface area contributed by atoms with Gasteiger partial charge in [0.1, 0.15) is 11.4 Å². The van der Waals surface area contributed by atoms with Crippen molar-refractivity contribution in [3.05, 3.63) is 50.5 Å². The van der Waals surface area contributed by atoms with Crippen molar-refractivity contribution < 1.29 is 27.8 Å². The fourth-order valence-electron chi connectivity index (χ4n) is 1.54. The first-order valence-electron chi connectivity index (χ1n) is 5.51. The summed E-state index contributed by atoms with van der Waals surface area (Å²) >= 11 is 0. The molecule has 1 aromatic carbocycles. The van der Waals surface area contributed by atoms with Gasteiger partial charge in [0.05, 0.1) is 0 Å². The van der Waals surface area contributed by atoms with E-state index in [1.165, 1.54) is 0 Å². The van der Waals surface area contributed by atoms with Gasteiger partial charge in [-0.25, -0.2) is 14.0 Å². The maximum Gasteiger partial charge on any atom is 0.387 e. The summed E-state index contributed by atoms with van der Waals surface area (Å²) in [5, 5.41) is 12.0. The highest BCUT2D eigenvalue weighted by Gasteiger charge is 2.17. The average Bonchev–Trinajstić information content (AvgIpc) is 2.39. The summed E-state index contributed by atoms with van der Waals surface area (Å²) in [4.78, 5) is 35.2. The van der Waals surface area contributed by atoms with E-state index < -0.39 is 46.8 Å². The number of hydrogen-bond donors (Lipinski definition) is 2. The molecule has 0 amide bonds. The molecule has 2 N–H and O–H groups in total. The topological polar surface area (TPSA) is 114 Å². The number of alkyl halides is 2. The third-order valence-corrected chi connectivity index (χ3v) is 2.40. The van der Waals surface area contributed by atoms with Gasteiger partial charge in [-0.3, -0.25) is 9.78 Å². The van der Waals surface area contributed by atoms with Crippen molar-refractivity contribution in [2.45, 2.75) is 6.61 Å². The van der Waals surface area contributed by atoms with E-state index in [0.29, 0.717) is 6.07 Å². The summed E-state index contributed by atoms with van der Waals surface area (Å²) in [5.41, 5.74) is -4.04. The second kappa shape index (κ2) is 5.71. The molecule has 0 aliphatic rings. The number of nitrogens with one attached hydrogen (secondary N) is 1. The predicted octanol–water partition coefficient (Wildman–Crippen LogP) is 0.359. The molecular formula is C11H6F3N3O5. The van der Waals surface area contributed by atoms with E-state index in [4.69, 9.17) is 5.11 Å². The van der Waals surface area contributed by atoms with Crippen LogP contribution in [0.3, 0.4) is 0 Å². The Labute approximate surface area is 118 Å². The Morgan fingerprint density at radius 3 is 2.59 bits per heavy atom. The van der Waals surface area contributed by atoms with Crippen LogP contribution in [0.25, 0.3) is 5.69 Å². The molecule has 2 rings (SSSR count). The van der Waals surface area contributed by atoms with Crippen LogP contribution in [-0.4, -0.2) is 32.5 Å². The Kier molecular flexibility index (Phi) is 3.97. The van der Waals surface area contributed by atoms with Crippen LogP contribution < -0.4 is 16.0 Å². The fraction of sp³-hybridized carbons (Fsp3) is 0.0909. The number of aromatic nitrogens is 3. The van der Waals surface area contributed by atoms with Crippen molar-refractivity contribution in [1.29, 1.82) is 0 Å². The highest BCUT2D eigenvalue weighted by Crippen LogP contribution is 2.19. The minimum atomic E-state index is -3.17. The van der Waals surface area contributed by atoms with Crippen molar-refractivity contribution in [1.82, 2.24) is 14.8 Å². The second-order valence-electron chi connectivity index (χ2n) is 3.82. The zero-order valence-electron chi connectivity index (χ0n) is 10.4. The maximum absolute atomic E-state index is 13.8. The molecule has 0 unspecified atom stereocenters. The van der Waals surface area contributed by atoms with Crippen LogP contribution in [0.5, 0.6) is 5.75 Å². The van der Waals surface area contributed by atoms with Crippen LogP contribution in [0.2, 0.25) is 0 Å². The summed E-state index contributed by atoms with van der Waals surface area (Å²) in [6.45, 7) is -3.17. The van der Waals surface area contributed by atoms with E-state index in [-0.39, 0.29) is 4.68 Å². The first kappa shape index (κ1) is 15.3. The number of rotatable bonds is 4. The number of hydrogen-bond acceptors (Lipinski definition) is 5. The fourth-order valence-corrected chi connectivity index (χ4v) is 1.54. The summed E-state index contributed by atoms with van der Waals surface area (Å²) in [5.74, 6) is -3.42. The Morgan fingerprint density at radius 2 is 2.05 bits per heavy atom. The number of H-pyrrole nitrogens is 1. The molecule has 0 spiro atoms. The number of halogens is 3. The normalized spacial score (nSPS) is 10.7. The van der Waals surface area contributed by atoms with Gasteiger partial charge in [0, 0.05) is 6.07 Å². The largest absolute Gasteiger partial charge is 0.476 e. The highest BCUT2D eigenvalue weighted by molar-refractivity contribution is 5.84. The van der Waals surface area contributed by atoms with Crippen molar-refractivity contribution in [2.75, 3.05) is 0 Å². The molecule has 0 fully saturated rings. The molecule has 8 nitrogen and oxygen atoms in total. The van der Waals surface area contributed by atoms with E-state index in [1.54, 1.807) is 4.98 Å². The number of carboxylic acid groups (broad SMARTS) is 1. The molecule has 0 bridgehead atoms. The van der Waals surface area contributed by atoms with Crippen LogP contribution in [-0.2, 0) is 0 Å². The Morgan fingerprint density at radius 1 is 1.36 bits per heavy atom. The van der Waals surface area contributed by atoms with Crippen LogP contribution in [0.1, 0.15) is 10.5 Å². The molecule has 0 atom stereocenters. The number of carboxylic acids is 1. The van der Waals surface area contributed by atoms with Crippen LogP contribution in [0, 0.1) is 5.82 Å². The van der Waals surface area contributed by atoms with Crippen LogP contribution in [0.4, 0.5) is 13.2 Å². The molecule has 0 saturated heterocycles. The zero-order chi connectivity index (χ0) is 16.4. The Balaban J connectivity index is 2.57. The molecule has 0 saturated carbocycles. The Hall–Kier alpha value is -3.11. The standard InChI is InChI=1S/C11H6F3N3O5/c12-5-3-4(22-10(13)14)1-2-6(5)17-11(21)15-8(18)7(16-17)9(19)20/h1-3,10H,(H,19,20)(H,15,18,21). The smallest absolute Gasteiger partial charge is 0.387 e. The van der Waals surface area contributed by atoms with Gasteiger partial charge in [0.15, 0.2) is 5.82 Å². The van der Waals surface area contributed by atoms with Crippen molar-refractivity contribution in [3.8, 4) is 11.4 Å². The highest BCUT2D eigenvalue weighted by atomic mass is 19.3. The van der Waals surface area contributed by atoms with Gasteiger partial charge in [-0.05, 0) is 12.1 Å². The quantitative estimate of drug-likeness (QED) is 0.841. The van der Waals surface area contributed by atoms with Crippen LogP contribution >= 0.6 is 0 Å². The van der Waals surface area contributed by atoms with Crippen molar-refractivity contribution >= 4 is 5.97 Å². The van der Waals surface area contributed by atoms with Crippen molar-refractivity contribution in [2.24, 2.45) is 0 Å². The lowest BCUT2D eigenvalue weighted by Crippen LogP contribution is -2.36. The van der Waals surface area contributed by atoms with Gasteiger partial charge >= 0.3 is 18.3 Å². The molecule has 116 valence electrons. The number of aromatic carboxylic acids is 1. The lowest BCUT2D eigenvalue weighted by molar-refractivity contribution is -0.0500. The third-order valence-electron chi connectivity index (χ3n) is 2.40. The van der Waals surface area contributed by atoms with E-state index in [1.807, 2.05) is 0 Å². The predicted molar refractivity (Wildman–Crippen MR) is 64.0 cm³/mol. The molecule has 0 radical (unpaired) electrons. The monoisotopic (exact) mass is 317 g/mol. The number of aromatic amines is 1.